The first-order chi connectivity index (χ1) is 7.68. The molecule has 0 saturated carbocycles. The van der Waals surface area contributed by atoms with Gasteiger partial charge in [-0.05, 0) is 31.4 Å². The van der Waals surface area contributed by atoms with Crippen molar-refractivity contribution in [1.29, 1.82) is 0 Å². The summed E-state index contributed by atoms with van der Waals surface area (Å²) in [7, 11) is 0. The van der Waals surface area contributed by atoms with Gasteiger partial charge in [-0.15, -0.1) is 0 Å². The zero-order chi connectivity index (χ0) is 11.3. The Labute approximate surface area is 95.4 Å². The number of nitrogens with one attached hydrogen (secondary N) is 1. The Morgan fingerprint density at radius 1 is 1.38 bits per heavy atom. The molecule has 3 heteroatoms. The highest BCUT2D eigenvalue weighted by molar-refractivity contribution is 5.63. The maximum atomic E-state index is 14.2. The van der Waals surface area contributed by atoms with Crippen LogP contribution in [0.15, 0.2) is 12.1 Å². The molecule has 1 aromatic carbocycles. The van der Waals surface area contributed by atoms with Crippen LogP contribution in [-0.2, 0) is 6.42 Å². The fraction of sp³-hybridized carbons (Fsp3) is 0.538. The molecule has 2 aliphatic heterocycles. The predicted molar refractivity (Wildman–Crippen MR) is 63.4 cm³/mol. The van der Waals surface area contributed by atoms with Crippen LogP contribution in [0, 0.1) is 12.7 Å². The maximum absolute atomic E-state index is 14.2. The van der Waals surface area contributed by atoms with Crippen LogP contribution in [0.5, 0.6) is 0 Å². The van der Waals surface area contributed by atoms with Crippen LogP contribution < -0.4 is 10.2 Å². The van der Waals surface area contributed by atoms with E-state index in [1.165, 1.54) is 5.56 Å². The molecule has 0 amide bonds. The number of halogens is 1. The van der Waals surface area contributed by atoms with Crippen molar-refractivity contribution in [1.82, 2.24) is 5.32 Å². The lowest BCUT2D eigenvalue weighted by Gasteiger charge is -2.38. The second kappa shape index (κ2) is 3.45. The summed E-state index contributed by atoms with van der Waals surface area (Å²) in [5.74, 6) is -0.0197. The number of rotatable bonds is 0. The molecule has 2 atom stereocenters. The van der Waals surface area contributed by atoms with Gasteiger partial charge in [0.25, 0.3) is 0 Å². The van der Waals surface area contributed by atoms with Gasteiger partial charge < -0.3 is 10.2 Å². The Kier molecular flexibility index (Phi) is 2.18. The summed E-state index contributed by atoms with van der Waals surface area (Å²) in [6.45, 7) is 5.92. The highest BCUT2D eigenvalue weighted by atomic mass is 19.1. The number of benzene rings is 1. The minimum atomic E-state index is -0.0197. The molecule has 1 aromatic rings. The number of fused-ring (bicyclic) bond motifs is 3. The zero-order valence-corrected chi connectivity index (χ0v) is 9.76. The third-order valence-electron chi connectivity index (χ3n) is 3.79. The lowest BCUT2D eigenvalue weighted by Crippen LogP contribution is -2.55. The van der Waals surface area contributed by atoms with Crippen LogP contribution in [0.2, 0.25) is 0 Å². The van der Waals surface area contributed by atoms with E-state index in [2.05, 4.69) is 23.2 Å². The van der Waals surface area contributed by atoms with Crippen molar-refractivity contribution >= 4 is 5.69 Å². The Morgan fingerprint density at radius 2 is 2.19 bits per heavy atom. The van der Waals surface area contributed by atoms with E-state index in [0.717, 1.165) is 30.8 Å². The molecule has 0 bridgehead atoms. The normalized spacial score (nSPS) is 27.8. The monoisotopic (exact) mass is 220 g/mol. The molecule has 2 nitrogen and oxygen atoms in total. The summed E-state index contributed by atoms with van der Waals surface area (Å²) in [5, 5.41) is 3.41. The molecule has 3 rings (SSSR count). The molecule has 0 radical (unpaired) electrons. The highest BCUT2D eigenvalue weighted by Crippen LogP contribution is 2.38. The van der Waals surface area contributed by atoms with Crippen LogP contribution >= 0.6 is 0 Å². The average Bonchev–Trinajstić information content (AvgIpc) is 2.64. The molecule has 2 unspecified atom stereocenters. The quantitative estimate of drug-likeness (QED) is 0.718. The van der Waals surface area contributed by atoms with Gasteiger partial charge in [0.05, 0.1) is 5.69 Å². The van der Waals surface area contributed by atoms with Gasteiger partial charge in [-0.1, -0.05) is 12.1 Å². The molecule has 1 N–H and O–H groups in total. The summed E-state index contributed by atoms with van der Waals surface area (Å²) in [5.41, 5.74) is 2.78. The third kappa shape index (κ3) is 1.27. The van der Waals surface area contributed by atoms with Crippen molar-refractivity contribution in [2.24, 2.45) is 0 Å². The lowest BCUT2D eigenvalue weighted by molar-refractivity contribution is 0.425. The van der Waals surface area contributed by atoms with Crippen molar-refractivity contribution in [3.05, 3.63) is 29.1 Å². The summed E-state index contributed by atoms with van der Waals surface area (Å²) in [6, 6.07) is 4.80. The van der Waals surface area contributed by atoms with Crippen molar-refractivity contribution < 1.29 is 4.39 Å². The summed E-state index contributed by atoms with van der Waals surface area (Å²) >= 11 is 0. The molecule has 16 heavy (non-hydrogen) atoms. The minimum absolute atomic E-state index is 0.0197. The van der Waals surface area contributed by atoms with Crippen LogP contribution in [0.1, 0.15) is 18.1 Å². The number of piperazine rings is 1. The van der Waals surface area contributed by atoms with Gasteiger partial charge in [0.15, 0.2) is 0 Å². The van der Waals surface area contributed by atoms with Gasteiger partial charge in [-0.25, -0.2) is 4.39 Å². The van der Waals surface area contributed by atoms with Gasteiger partial charge in [-0.3, -0.25) is 0 Å². The highest BCUT2D eigenvalue weighted by Gasteiger charge is 2.37. The molecule has 0 aromatic heterocycles. The van der Waals surface area contributed by atoms with Crippen molar-refractivity contribution in [2.75, 3.05) is 18.0 Å². The topological polar surface area (TPSA) is 15.3 Å². The number of aryl methyl sites for hydroxylation is 1. The average molecular weight is 220 g/mol. The van der Waals surface area contributed by atoms with Crippen molar-refractivity contribution in [3.8, 4) is 0 Å². The molecule has 0 spiro atoms. The van der Waals surface area contributed by atoms with Crippen LogP contribution in [0.4, 0.5) is 10.1 Å². The molecule has 0 aliphatic carbocycles. The first-order valence-electron chi connectivity index (χ1n) is 5.95. The van der Waals surface area contributed by atoms with E-state index in [1.807, 2.05) is 13.0 Å². The predicted octanol–water partition coefficient (Wildman–Crippen LogP) is 1.86. The van der Waals surface area contributed by atoms with E-state index >= 15 is 0 Å². The summed E-state index contributed by atoms with van der Waals surface area (Å²) < 4.78 is 14.2. The van der Waals surface area contributed by atoms with E-state index in [-0.39, 0.29) is 5.82 Å². The number of nitrogens with zero attached hydrogens (tertiary/aromatic N) is 1. The largest absolute Gasteiger partial charge is 0.360 e. The molecule has 1 fully saturated rings. The number of hydrogen-bond donors (Lipinski definition) is 1. The minimum Gasteiger partial charge on any atom is -0.360 e. The second-order valence-corrected chi connectivity index (χ2v) is 4.98. The third-order valence-corrected chi connectivity index (χ3v) is 3.79. The fourth-order valence-electron chi connectivity index (χ4n) is 2.99. The molecular formula is C13H17FN2. The van der Waals surface area contributed by atoms with Gasteiger partial charge in [-0.2, -0.15) is 0 Å². The standard InChI is InChI=1S/C13H17FN2/c1-8-3-4-10-5-11-7-15-6-9(2)16(11)13(10)12(8)14/h3-4,9,11,15H,5-7H2,1-2H3. The fourth-order valence-corrected chi connectivity index (χ4v) is 2.99. The van der Waals surface area contributed by atoms with E-state index in [9.17, 15) is 4.39 Å². The molecule has 86 valence electrons. The Hall–Kier alpha value is -1.09. The Morgan fingerprint density at radius 3 is 3.00 bits per heavy atom. The van der Waals surface area contributed by atoms with Crippen molar-refractivity contribution in [2.45, 2.75) is 32.4 Å². The smallest absolute Gasteiger partial charge is 0.149 e. The Balaban J connectivity index is 2.11. The second-order valence-electron chi connectivity index (χ2n) is 4.98. The molecule has 2 heterocycles. The molecule has 2 aliphatic rings. The summed E-state index contributed by atoms with van der Waals surface area (Å²) in [6.07, 6.45) is 0.976. The first-order valence-corrected chi connectivity index (χ1v) is 5.95. The zero-order valence-electron chi connectivity index (χ0n) is 9.76. The van der Waals surface area contributed by atoms with E-state index in [1.54, 1.807) is 0 Å². The molecular weight excluding hydrogens is 203 g/mol. The Bertz CT molecular complexity index is 430. The van der Waals surface area contributed by atoms with E-state index in [0.29, 0.717) is 12.1 Å². The van der Waals surface area contributed by atoms with Crippen molar-refractivity contribution in [3.63, 3.8) is 0 Å². The van der Waals surface area contributed by atoms with Gasteiger partial charge in [0, 0.05) is 25.2 Å². The van der Waals surface area contributed by atoms with Gasteiger partial charge in [0.2, 0.25) is 0 Å². The van der Waals surface area contributed by atoms with E-state index in [4.69, 9.17) is 0 Å². The van der Waals surface area contributed by atoms with Crippen LogP contribution in [0.25, 0.3) is 0 Å². The number of hydrogen-bond acceptors (Lipinski definition) is 2. The first kappa shape index (κ1) is 10.1. The van der Waals surface area contributed by atoms with Gasteiger partial charge in [0.1, 0.15) is 5.82 Å². The SMILES string of the molecule is Cc1ccc2c(c1F)N1C(C)CNCC1C2. The van der Waals surface area contributed by atoms with E-state index < -0.39 is 0 Å². The summed E-state index contributed by atoms with van der Waals surface area (Å²) in [4.78, 5) is 2.27. The maximum Gasteiger partial charge on any atom is 0.149 e. The number of anilines is 1. The van der Waals surface area contributed by atoms with Gasteiger partial charge >= 0.3 is 0 Å². The van der Waals surface area contributed by atoms with Crippen LogP contribution in [-0.4, -0.2) is 25.2 Å². The van der Waals surface area contributed by atoms with Crippen LogP contribution in [0.3, 0.4) is 0 Å². The lowest BCUT2D eigenvalue weighted by atomic mass is 10.1. The molecule has 1 saturated heterocycles.